The molecule has 142 valence electrons. The van der Waals surface area contributed by atoms with Crippen LogP contribution < -0.4 is 14.8 Å². The van der Waals surface area contributed by atoms with Crippen LogP contribution in [0.5, 0.6) is 11.5 Å². The molecule has 2 rings (SSSR count). The second-order valence-corrected chi connectivity index (χ2v) is 7.52. The molecule has 0 saturated carbocycles. The third kappa shape index (κ3) is 6.80. The summed E-state index contributed by atoms with van der Waals surface area (Å²) in [5, 5.41) is 4.16. The Hall–Kier alpha value is -1.27. The van der Waals surface area contributed by atoms with Gasteiger partial charge in [0.25, 0.3) is 0 Å². The predicted molar refractivity (Wildman–Crippen MR) is 111 cm³/mol. The van der Waals surface area contributed by atoms with Gasteiger partial charge in [-0.1, -0.05) is 23.7 Å². The summed E-state index contributed by atoms with van der Waals surface area (Å²) in [4.78, 5) is 2.16. The average molecular weight is 442 g/mol. The Morgan fingerprint density at radius 1 is 1.08 bits per heavy atom. The average Bonchev–Trinajstić information content (AvgIpc) is 2.59. The Morgan fingerprint density at radius 3 is 2.46 bits per heavy atom. The molecule has 0 aliphatic rings. The van der Waals surface area contributed by atoms with Gasteiger partial charge in [-0.25, -0.2) is 0 Å². The van der Waals surface area contributed by atoms with E-state index in [2.05, 4.69) is 46.3 Å². The monoisotopic (exact) mass is 440 g/mol. The van der Waals surface area contributed by atoms with Crippen molar-refractivity contribution in [2.45, 2.75) is 20.1 Å². The molecule has 0 bridgehead atoms. The fourth-order valence-corrected chi connectivity index (χ4v) is 3.13. The van der Waals surface area contributed by atoms with Crippen molar-refractivity contribution in [3.63, 3.8) is 0 Å². The molecular formula is C20H26BrClN2O2. The lowest BCUT2D eigenvalue weighted by Crippen LogP contribution is -2.26. The summed E-state index contributed by atoms with van der Waals surface area (Å²) in [6, 6.07) is 11.7. The molecule has 6 heteroatoms. The molecule has 26 heavy (non-hydrogen) atoms. The summed E-state index contributed by atoms with van der Waals surface area (Å²) < 4.78 is 12.7. The summed E-state index contributed by atoms with van der Waals surface area (Å²) in [7, 11) is 4.14. The van der Waals surface area contributed by atoms with Crippen molar-refractivity contribution in [1.82, 2.24) is 10.2 Å². The highest BCUT2D eigenvalue weighted by molar-refractivity contribution is 9.10. The third-order valence-electron chi connectivity index (χ3n) is 3.73. The number of hydrogen-bond donors (Lipinski definition) is 1. The summed E-state index contributed by atoms with van der Waals surface area (Å²) in [6.07, 6.45) is 0. The van der Waals surface area contributed by atoms with E-state index in [-0.39, 0.29) is 0 Å². The smallest absolute Gasteiger partial charge is 0.175 e. The number of rotatable bonds is 10. The third-order valence-corrected chi connectivity index (χ3v) is 4.57. The summed E-state index contributed by atoms with van der Waals surface area (Å²) in [5.41, 5.74) is 2.20. The first kappa shape index (κ1) is 21.0. The molecule has 0 saturated heterocycles. The first-order chi connectivity index (χ1) is 12.5. The molecule has 0 heterocycles. The van der Waals surface area contributed by atoms with Crippen LogP contribution in [0.4, 0.5) is 0 Å². The van der Waals surface area contributed by atoms with E-state index >= 15 is 0 Å². The molecule has 1 N–H and O–H groups in total. The lowest BCUT2D eigenvalue weighted by molar-refractivity contribution is 0.267. The van der Waals surface area contributed by atoms with Crippen LogP contribution in [0, 0.1) is 0 Å². The normalized spacial score (nSPS) is 11.0. The van der Waals surface area contributed by atoms with Crippen molar-refractivity contribution in [1.29, 1.82) is 0 Å². The second kappa shape index (κ2) is 10.8. The van der Waals surface area contributed by atoms with Crippen molar-refractivity contribution < 1.29 is 9.47 Å². The van der Waals surface area contributed by atoms with Crippen LogP contribution in [0.1, 0.15) is 18.1 Å². The standard InChI is InChI=1S/C20H26BrClN2O2/c1-4-25-19-12-16(13-23-9-10-24(2)3)11-18(21)20(19)26-14-15-5-7-17(22)8-6-15/h5-8,11-12,23H,4,9-10,13-14H2,1-3H3. The molecule has 0 aromatic heterocycles. The van der Waals surface area contributed by atoms with Gasteiger partial charge in [-0.05, 0) is 72.3 Å². The zero-order valence-electron chi connectivity index (χ0n) is 15.5. The van der Waals surface area contributed by atoms with Crippen LogP contribution in [0.2, 0.25) is 5.02 Å². The topological polar surface area (TPSA) is 33.7 Å². The van der Waals surface area contributed by atoms with Crippen LogP contribution in [0.15, 0.2) is 40.9 Å². The summed E-state index contributed by atoms with van der Waals surface area (Å²) in [6.45, 7) is 5.73. The highest BCUT2D eigenvalue weighted by Crippen LogP contribution is 2.37. The Bertz CT molecular complexity index is 693. The van der Waals surface area contributed by atoms with E-state index in [1.807, 2.05) is 37.3 Å². The fraction of sp³-hybridized carbons (Fsp3) is 0.400. The summed E-state index contributed by atoms with van der Waals surface area (Å²) in [5.74, 6) is 1.47. The Morgan fingerprint density at radius 2 is 1.81 bits per heavy atom. The van der Waals surface area contributed by atoms with Crippen LogP contribution in [-0.2, 0) is 13.2 Å². The highest BCUT2D eigenvalue weighted by atomic mass is 79.9. The molecule has 0 unspecified atom stereocenters. The van der Waals surface area contributed by atoms with Crippen molar-refractivity contribution in [3.8, 4) is 11.5 Å². The predicted octanol–water partition coefficient (Wildman–Crippen LogP) is 4.73. The fourth-order valence-electron chi connectivity index (χ4n) is 2.40. The molecule has 0 aliphatic carbocycles. The number of likely N-dealkylation sites (N-methyl/N-ethyl adjacent to an activating group) is 1. The minimum Gasteiger partial charge on any atom is -0.490 e. The van der Waals surface area contributed by atoms with Crippen molar-refractivity contribution in [2.75, 3.05) is 33.8 Å². The molecule has 0 fully saturated rings. The van der Waals surface area contributed by atoms with Crippen molar-refractivity contribution in [3.05, 3.63) is 57.0 Å². The van der Waals surface area contributed by atoms with Crippen LogP contribution in [-0.4, -0.2) is 38.7 Å². The maximum atomic E-state index is 6.02. The highest BCUT2D eigenvalue weighted by Gasteiger charge is 2.12. The molecule has 0 radical (unpaired) electrons. The van der Waals surface area contributed by atoms with Gasteiger partial charge >= 0.3 is 0 Å². The lowest BCUT2D eigenvalue weighted by atomic mass is 10.2. The van der Waals surface area contributed by atoms with E-state index in [0.29, 0.717) is 13.2 Å². The SMILES string of the molecule is CCOc1cc(CNCCN(C)C)cc(Br)c1OCc1ccc(Cl)cc1. The van der Waals surface area contributed by atoms with Crippen molar-refractivity contribution in [2.24, 2.45) is 0 Å². The molecule has 0 atom stereocenters. The second-order valence-electron chi connectivity index (χ2n) is 6.23. The molecule has 0 aliphatic heterocycles. The zero-order valence-corrected chi connectivity index (χ0v) is 17.9. The van der Waals surface area contributed by atoms with Gasteiger partial charge in [-0.3, -0.25) is 0 Å². The number of benzene rings is 2. The Kier molecular flexibility index (Phi) is 8.72. The van der Waals surface area contributed by atoms with Gasteiger partial charge in [0, 0.05) is 24.7 Å². The molecule has 0 spiro atoms. The molecule has 2 aromatic carbocycles. The number of hydrogen-bond acceptors (Lipinski definition) is 4. The molecule has 2 aromatic rings. The minimum absolute atomic E-state index is 0.455. The maximum Gasteiger partial charge on any atom is 0.175 e. The largest absolute Gasteiger partial charge is 0.490 e. The van der Waals surface area contributed by atoms with Gasteiger partial charge in [0.05, 0.1) is 11.1 Å². The van der Waals surface area contributed by atoms with Gasteiger partial charge in [-0.2, -0.15) is 0 Å². The van der Waals surface area contributed by atoms with Gasteiger partial charge in [-0.15, -0.1) is 0 Å². The minimum atomic E-state index is 0.455. The van der Waals surface area contributed by atoms with Crippen LogP contribution >= 0.6 is 27.5 Å². The number of nitrogens with one attached hydrogen (secondary N) is 1. The number of nitrogens with zero attached hydrogens (tertiary/aromatic N) is 1. The number of halogens is 2. The van der Waals surface area contributed by atoms with Gasteiger partial charge < -0.3 is 19.7 Å². The van der Waals surface area contributed by atoms with E-state index < -0.39 is 0 Å². The summed E-state index contributed by atoms with van der Waals surface area (Å²) >= 11 is 9.55. The quantitative estimate of drug-likeness (QED) is 0.540. The Labute approximate surface area is 169 Å². The molecule has 0 amide bonds. The van der Waals surface area contributed by atoms with E-state index in [1.54, 1.807) is 0 Å². The maximum absolute atomic E-state index is 6.02. The molecule has 4 nitrogen and oxygen atoms in total. The Balaban J connectivity index is 2.05. The van der Waals surface area contributed by atoms with Crippen molar-refractivity contribution >= 4 is 27.5 Å². The van der Waals surface area contributed by atoms with Crippen LogP contribution in [0.3, 0.4) is 0 Å². The number of ether oxygens (including phenoxy) is 2. The van der Waals surface area contributed by atoms with E-state index in [9.17, 15) is 0 Å². The lowest BCUT2D eigenvalue weighted by Gasteiger charge is -2.16. The van der Waals surface area contributed by atoms with Gasteiger partial charge in [0.2, 0.25) is 0 Å². The van der Waals surface area contributed by atoms with Crippen LogP contribution in [0.25, 0.3) is 0 Å². The van der Waals surface area contributed by atoms with Gasteiger partial charge in [0.1, 0.15) is 6.61 Å². The van der Waals surface area contributed by atoms with E-state index in [0.717, 1.165) is 51.8 Å². The van der Waals surface area contributed by atoms with Gasteiger partial charge in [0.15, 0.2) is 11.5 Å². The zero-order chi connectivity index (χ0) is 18.9. The molecular weight excluding hydrogens is 416 g/mol. The first-order valence-corrected chi connectivity index (χ1v) is 9.84. The van der Waals surface area contributed by atoms with E-state index in [4.69, 9.17) is 21.1 Å². The van der Waals surface area contributed by atoms with E-state index in [1.165, 1.54) is 0 Å². The first-order valence-electron chi connectivity index (χ1n) is 8.67.